The summed E-state index contributed by atoms with van der Waals surface area (Å²) in [6, 6.07) is 7.03. The summed E-state index contributed by atoms with van der Waals surface area (Å²) >= 11 is 1.71. The van der Waals surface area contributed by atoms with Gasteiger partial charge in [-0.1, -0.05) is 27.7 Å². The van der Waals surface area contributed by atoms with E-state index in [0.717, 1.165) is 23.5 Å². The normalized spacial score (nSPS) is 11.6. The van der Waals surface area contributed by atoms with Gasteiger partial charge in [0.2, 0.25) is 0 Å². The van der Waals surface area contributed by atoms with Crippen molar-refractivity contribution in [3.8, 4) is 10.6 Å². The maximum Gasteiger partial charge on any atom is 0.123 e. The average molecular weight is 306 g/mol. The largest absolute Gasteiger partial charge is 0.310 e. The summed E-state index contributed by atoms with van der Waals surface area (Å²) in [6.07, 6.45) is 0.979. The maximum atomic E-state index is 13.0. The van der Waals surface area contributed by atoms with Gasteiger partial charge in [-0.15, -0.1) is 11.3 Å². The molecule has 0 aliphatic rings. The van der Waals surface area contributed by atoms with E-state index in [-0.39, 0.29) is 5.82 Å². The lowest BCUT2D eigenvalue weighted by Crippen LogP contribution is -2.22. The molecule has 2 aromatic rings. The summed E-state index contributed by atoms with van der Waals surface area (Å²) in [5.74, 6) is 0.366. The first-order valence-electron chi connectivity index (χ1n) is 7.43. The molecule has 2 nitrogen and oxygen atoms in total. The maximum absolute atomic E-state index is 13.0. The predicted molar refractivity (Wildman–Crippen MR) is 88.0 cm³/mol. The standard InChI is InChI=1S/C17H23FN2S/c1-11(2)9-15-16(10-19-12(3)4)21-17(20-15)13-5-7-14(18)8-6-13/h5-8,11-12,19H,9-10H2,1-4H3. The zero-order chi connectivity index (χ0) is 15.4. The molecule has 0 aliphatic heterocycles. The van der Waals surface area contributed by atoms with Crippen LogP contribution in [0.25, 0.3) is 10.6 Å². The van der Waals surface area contributed by atoms with Gasteiger partial charge < -0.3 is 5.32 Å². The summed E-state index contributed by atoms with van der Waals surface area (Å²) < 4.78 is 13.0. The van der Waals surface area contributed by atoms with Crippen molar-refractivity contribution >= 4 is 11.3 Å². The Balaban J connectivity index is 2.28. The molecule has 0 saturated heterocycles. The van der Waals surface area contributed by atoms with E-state index in [9.17, 15) is 4.39 Å². The summed E-state index contributed by atoms with van der Waals surface area (Å²) in [4.78, 5) is 6.07. The SMILES string of the molecule is CC(C)Cc1nc(-c2ccc(F)cc2)sc1CNC(C)C. The zero-order valence-corrected chi connectivity index (χ0v) is 13.9. The van der Waals surface area contributed by atoms with Gasteiger partial charge >= 0.3 is 0 Å². The highest BCUT2D eigenvalue weighted by molar-refractivity contribution is 7.15. The second-order valence-electron chi connectivity index (χ2n) is 6.03. The molecule has 0 fully saturated rings. The van der Waals surface area contributed by atoms with E-state index in [4.69, 9.17) is 4.98 Å². The molecule has 1 aromatic heterocycles. The highest BCUT2D eigenvalue weighted by atomic mass is 32.1. The topological polar surface area (TPSA) is 24.9 Å². The second-order valence-corrected chi connectivity index (χ2v) is 7.11. The van der Waals surface area contributed by atoms with Crippen LogP contribution in [0, 0.1) is 11.7 Å². The fourth-order valence-corrected chi connectivity index (χ4v) is 3.13. The van der Waals surface area contributed by atoms with Crippen LogP contribution in [0.2, 0.25) is 0 Å². The Bertz CT molecular complexity index is 573. The highest BCUT2D eigenvalue weighted by Crippen LogP contribution is 2.29. The van der Waals surface area contributed by atoms with E-state index >= 15 is 0 Å². The lowest BCUT2D eigenvalue weighted by molar-refractivity contribution is 0.581. The predicted octanol–water partition coefficient (Wildman–Crippen LogP) is 4.65. The molecule has 0 bridgehead atoms. The number of hydrogen-bond donors (Lipinski definition) is 1. The van der Waals surface area contributed by atoms with Crippen molar-refractivity contribution in [2.45, 2.75) is 46.7 Å². The highest BCUT2D eigenvalue weighted by Gasteiger charge is 2.14. The molecular formula is C17H23FN2S. The molecule has 0 amide bonds. The molecule has 21 heavy (non-hydrogen) atoms. The number of benzene rings is 1. The van der Waals surface area contributed by atoms with Crippen LogP contribution >= 0.6 is 11.3 Å². The minimum absolute atomic E-state index is 0.209. The number of rotatable bonds is 6. The monoisotopic (exact) mass is 306 g/mol. The Morgan fingerprint density at radius 2 is 1.81 bits per heavy atom. The Labute approximate surface area is 130 Å². The third kappa shape index (κ3) is 4.61. The van der Waals surface area contributed by atoms with Crippen LogP contribution < -0.4 is 5.32 Å². The number of nitrogens with zero attached hydrogens (tertiary/aromatic N) is 1. The lowest BCUT2D eigenvalue weighted by atomic mass is 10.1. The number of thiazole rings is 1. The zero-order valence-electron chi connectivity index (χ0n) is 13.1. The van der Waals surface area contributed by atoms with Gasteiger partial charge in [0.1, 0.15) is 10.8 Å². The van der Waals surface area contributed by atoms with E-state index in [1.54, 1.807) is 23.5 Å². The molecule has 0 aliphatic carbocycles. The third-order valence-corrected chi connectivity index (χ3v) is 4.29. The fraction of sp³-hybridized carbons (Fsp3) is 0.471. The number of halogens is 1. The summed E-state index contributed by atoms with van der Waals surface area (Å²) in [5.41, 5.74) is 2.16. The summed E-state index contributed by atoms with van der Waals surface area (Å²) in [5, 5.41) is 4.44. The van der Waals surface area contributed by atoms with Crippen LogP contribution in [0.15, 0.2) is 24.3 Å². The van der Waals surface area contributed by atoms with Crippen LogP contribution in [0.1, 0.15) is 38.3 Å². The minimum atomic E-state index is -0.209. The van der Waals surface area contributed by atoms with E-state index in [0.29, 0.717) is 12.0 Å². The molecule has 1 aromatic carbocycles. The molecule has 2 rings (SSSR count). The van der Waals surface area contributed by atoms with Crippen molar-refractivity contribution in [1.82, 2.24) is 10.3 Å². The fourth-order valence-electron chi connectivity index (χ4n) is 2.08. The van der Waals surface area contributed by atoms with Gasteiger partial charge in [-0.05, 0) is 36.6 Å². The molecule has 0 unspecified atom stereocenters. The Hall–Kier alpha value is -1.26. The van der Waals surface area contributed by atoms with Crippen molar-refractivity contribution in [2.24, 2.45) is 5.92 Å². The first-order chi connectivity index (χ1) is 9.95. The van der Waals surface area contributed by atoms with Crippen LogP contribution in [0.5, 0.6) is 0 Å². The van der Waals surface area contributed by atoms with Gasteiger partial charge in [0.25, 0.3) is 0 Å². The molecule has 0 saturated carbocycles. The van der Waals surface area contributed by atoms with E-state index in [1.165, 1.54) is 22.7 Å². The molecule has 1 heterocycles. The lowest BCUT2D eigenvalue weighted by Gasteiger charge is -2.08. The van der Waals surface area contributed by atoms with E-state index < -0.39 is 0 Å². The van der Waals surface area contributed by atoms with Gasteiger partial charge in [-0.3, -0.25) is 0 Å². The average Bonchev–Trinajstić information content (AvgIpc) is 2.79. The van der Waals surface area contributed by atoms with Gasteiger partial charge in [0.05, 0.1) is 5.69 Å². The van der Waals surface area contributed by atoms with Crippen molar-refractivity contribution in [3.05, 3.63) is 40.7 Å². The first-order valence-corrected chi connectivity index (χ1v) is 8.25. The Morgan fingerprint density at radius 1 is 1.14 bits per heavy atom. The van der Waals surface area contributed by atoms with Gasteiger partial charge in [-0.25, -0.2) is 9.37 Å². The van der Waals surface area contributed by atoms with Gasteiger partial charge in [0, 0.05) is 23.0 Å². The Kier molecular flexibility index (Phi) is 5.48. The number of aromatic nitrogens is 1. The molecule has 114 valence electrons. The van der Waals surface area contributed by atoms with Gasteiger partial charge in [0.15, 0.2) is 0 Å². The summed E-state index contributed by atoms with van der Waals surface area (Å²) in [6.45, 7) is 9.54. The van der Waals surface area contributed by atoms with Gasteiger partial charge in [-0.2, -0.15) is 0 Å². The van der Waals surface area contributed by atoms with Crippen LogP contribution in [0.4, 0.5) is 4.39 Å². The third-order valence-electron chi connectivity index (χ3n) is 3.14. The molecule has 1 N–H and O–H groups in total. The molecule has 0 atom stereocenters. The molecule has 4 heteroatoms. The first kappa shape index (κ1) is 16.1. The molecule has 0 radical (unpaired) electrons. The van der Waals surface area contributed by atoms with E-state index in [2.05, 4.69) is 33.0 Å². The van der Waals surface area contributed by atoms with Crippen molar-refractivity contribution < 1.29 is 4.39 Å². The Morgan fingerprint density at radius 3 is 2.38 bits per heavy atom. The van der Waals surface area contributed by atoms with Crippen LogP contribution in [-0.2, 0) is 13.0 Å². The second kappa shape index (κ2) is 7.14. The van der Waals surface area contributed by atoms with Crippen LogP contribution in [-0.4, -0.2) is 11.0 Å². The number of hydrogen-bond acceptors (Lipinski definition) is 3. The smallest absolute Gasteiger partial charge is 0.123 e. The summed E-state index contributed by atoms with van der Waals surface area (Å²) in [7, 11) is 0. The molecular weight excluding hydrogens is 283 g/mol. The van der Waals surface area contributed by atoms with Crippen molar-refractivity contribution in [3.63, 3.8) is 0 Å². The van der Waals surface area contributed by atoms with E-state index in [1.807, 2.05) is 0 Å². The van der Waals surface area contributed by atoms with Crippen molar-refractivity contribution in [1.29, 1.82) is 0 Å². The van der Waals surface area contributed by atoms with Crippen LogP contribution in [0.3, 0.4) is 0 Å². The minimum Gasteiger partial charge on any atom is -0.310 e. The molecule has 0 spiro atoms. The van der Waals surface area contributed by atoms with Crippen molar-refractivity contribution in [2.75, 3.05) is 0 Å². The quantitative estimate of drug-likeness (QED) is 0.840. The number of nitrogens with one attached hydrogen (secondary N) is 1.